The highest BCUT2D eigenvalue weighted by molar-refractivity contribution is 7.99. The summed E-state index contributed by atoms with van der Waals surface area (Å²) in [6, 6.07) is 11.6. The van der Waals surface area contributed by atoms with Gasteiger partial charge < -0.3 is 5.11 Å². The van der Waals surface area contributed by atoms with E-state index in [0.29, 0.717) is 0 Å². The Labute approximate surface area is 120 Å². The molecule has 0 saturated heterocycles. The molecular weight excluding hydrogens is 270 g/mol. The fraction of sp³-hybridized carbons (Fsp3) is 0.133. The predicted octanol–water partition coefficient (Wildman–Crippen LogP) is 3.23. The molecule has 1 atom stereocenters. The largest absolute Gasteiger partial charge is 0.389 e. The van der Waals surface area contributed by atoms with Crippen LogP contribution in [0.4, 0.5) is 0 Å². The lowest BCUT2D eigenvalue weighted by atomic mass is 10.2. The minimum absolute atomic E-state index is 0.500. The summed E-state index contributed by atoms with van der Waals surface area (Å²) < 4.78 is 0. The molecule has 3 rings (SSSR count). The Bertz CT molecular complexity index is 741. The monoisotopic (exact) mass is 283 g/mol. The highest BCUT2D eigenvalue weighted by atomic mass is 32.2. The van der Waals surface area contributed by atoms with Crippen molar-refractivity contribution in [3.05, 3.63) is 54.5 Å². The van der Waals surface area contributed by atoms with Crippen molar-refractivity contribution in [3.63, 3.8) is 0 Å². The van der Waals surface area contributed by atoms with E-state index in [1.54, 1.807) is 19.4 Å². The molecule has 0 bridgehead atoms. The second-order valence-corrected chi connectivity index (χ2v) is 5.41. The van der Waals surface area contributed by atoms with Gasteiger partial charge in [0.05, 0.1) is 11.6 Å². The van der Waals surface area contributed by atoms with Gasteiger partial charge in [0.25, 0.3) is 0 Å². The van der Waals surface area contributed by atoms with Crippen LogP contribution < -0.4 is 0 Å². The van der Waals surface area contributed by atoms with Gasteiger partial charge in [0.15, 0.2) is 0 Å². The number of fused-ring (bicyclic) bond motifs is 1. The normalized spacial score (nSPS) is 12.5. The third-order valence-corrected chi connectivity index (χ3v) is 3.90. The zero-order chi connectivity index (χ0) is 13.9. The zero-order valence-corrected chi connectivity index (χ0v) is 11.7. The summed E-state index contributed by atoms with van der Waals surface area (Å²) in [5.41, 5.74) is 1.76. The third kappa shape index (κ3) is 2.64. The second-order valence-electron chi connectivity index (χ2n) is 4.40. The van der Waals surface area contributed by atoms with Gasteiger partial charge in [-0.1, -0.05) is 18.2 Å². The van der Waals surface area contributed by atoms with Gasteiger partial charge in [-0.05, 0) is 42.4 Å². The van der Waals surface area contributed by atoms with Gasteiger partial charge in [-0.25, -0.2) is 15.0 Å². The Kier molecular flexibility index (Phi) is 3.62. The van der Waals surface area contributed by atoms with E-state index in [4.69, 9.17) is 0 Å². The Morgan fingerprint density at radius 1 is 1.10 bits per heavy atom. The van der Waals surface area contributed by atoms with Crippen molar-refractivity contribution >= 4 is 22.7 Å². The minimum Gasteiger partial charge on any atom is -0.389 e. The van der Waals surface area contributed by atoms with Crippen molar-refractivity contribution in [1.82, 2.24) is 15.0 Å². The van der Waals surface area contributed by atoms with Gasteiger partial charge in [-0.3, -0.25) is 0 Å². The summed E-state index contributed by atoms with van der Waals surface area (Å²) in [6.07, 6.45) is 2.76. The maximum absolute atomic E-state index is 9.62. The van der Waals surface area contributed by atoms with Crippen LogP contribution in [0.5, 0.6) is 0 Å². The predicted molar refractivity (Wildman–Crippen MR) is 78.5 cm³/mol. The van der Waals surface area contributed by atoms with Crippen LogP contribution in [0.2, 0.25) is 0 Å². The van der Waals surface area contributed by atoms with Gasteiger partial charge in [0, 0.05) is 11.6 Å². The van der Waals surface area contributed by atoms with Crippen molar-refractivity contribution in [1.29, 1.82) is 0 Å². The summed E-state index contributed by atoms with van der Waals surface area (Å²) >= 11 is 1.48. The molecule has 0 unspecified atom stereocenters. The average Bonchev–Trinajstić information content (AvgIpc) is 2.48. The molecule has 0 amide bonds. The highest BCUT2D eigenvalue weighted by Gasteiger charge is 2.08. The lowest BCUT2D eigenvalue weighted by Gasteiger charge is -2.07. The third-order valence-electron chi connectivity index (χ3n) is 2.95. The fourth-order valence-electron chi connectivity index (χ4n) is 1.90. The SMILES string of the molecule is C[C@@H](O)c1ccnc(Sc2ncnc3ccccc23)c1. The lowest BCUT2D eigenvalue weighted by Crippen LogP contribution is -1.93. The van der Waals surface area contributed by atoms with E-state index in [1.807, 2.05) is 36.4 Å². The molecule has 0 saturated carbocycles. The fourth-order valence-corrected chi connectivity index (χ4v) is 2.79. The Hall–Kier alpha value is -1.98. The molecule has 2 aromatic heterocycles. The molecule has 2 heterocycles. The van der Waals surface area contributed by atoms with E-state index in [-0.39, 0.29) is 0 Å². The average molecular weight is 283 g/mol. The van der Waals surface area contributed by atoms with Crippen LogP contribution >= 0.6 is 11.8 Å². The topological polar surface area (TPSA) is 58.9 Å². The van der Waals surface area contributed by atoms with Gasteiger partial charge in [-0.2, -0.15) is 0 Å². The number of aromatic nitrogens is 3. The van der Waals surface area contributed by atoms with Crippen molar-refractivity contribution < 1.29 is 5.11 Å². The van der Waals surface area contributed by atoms with E-state index in [0.717, 1.165) is 26.5 Å². The van der Waals surface area contributed by atoms with Gasteiger partial charge in [0.2, 0.25) is 0 Å². The quantitative estimate of drug-likeness (QED) is 0.748. The summed E-state index contributed by atoms with van der Waals surface area (Å²) in [4.78, 5) is 12.9. The first-order valence-corrected chi connectivity index (χ1v) is 7.07. The van der Waals surface area contributed by atoms with Crippen LogP contribution in [0.1, 0.15) is 18.6 Å². The van der Waals surface area contributed by atoms with Crippen LogP contribution in [-0.4, -0.2) is 20.1 Å². The molecule has 0 radical (unpaired) electrons. The van der Waals surface area contributed by atoms with E-state index in [9.17, 15) is 5.11 Å². The highest BCUT2D eigenvalue weighted by Crippen LogP contribution is 2.30. The van der Waals surface area contributed by atoms with E-state index in [2.05, 4.69) is 15.0 Å². The number of aliphatic hydroxyl groups excluding tert-OH is 1. The first-order chi connectivity index (χ1) is 9.74. The smallest absolute Gasteiger partial charge is 0.117 e. The molecule has 100 valence electrons. The van der Waals surface area contributed by atoms with Crippen molar-refractivity contribution in [2.75, 3.05) is 0 Å². The number of aliphatic hydroxyl groups is 1. The lowest BCUT2D eigenvalue weighted by molar-refractivity contribution is 0.199. The summed E-state index contributed by atoms with van der Waals surface area (Å²) in [5, 5.41) is 12.3. The van der Waals surface area contributed by atoms with E-state index in [1.165, 1.54) is 11.8 Å². The van der Waals surface area contributed by atoms with Crippen molar-refractivity contribution in [2.45, 2.75) is 23.1 Å². The van der Waals surface area contributed by atoms with E-state index < -0.39 is 6.10 Å². The van der Waals surface area contributed by atoms with E-state index >= 15 is 0 Å². The number of nitrogens with zero attached hydrogens (tertiary/aromatic N) is 3. The molecule has 0 spiro atoms. The van der Waals surface area contributed by atoms with Crippen molar-refractivity contribution in [3.8, 4) is 0 Å². The molecule has 1 aromatic carbocycles. The van der Waals surface area contributed by atoms with Gasteiger partial charge >= 0.3 is 0 Å². The number of hydrogen-bond donors (Lipinski definition) is 1. The molecule has 0 aliphatic carbocycles. The van der Waals surface area contributed by atoms with Crippen LogP contribution in [0.25, 0.3) is 10.9 Å². The molecule has 0 aliphatic heterocycles. The molecule has 0 aliphatic rings. The minimum atomic E-state index is -0.500. The molecule has 20 heavy (non-hydrogen) atoms. The van der Waals surface area contributed by atoms with Crippen LogP contribution in [0.3, 0.4) is 0 Å². The van der Waals surface area contributed by atoms with Gasteiger partial charge in [0.1, 0.15) is 16.4 Å². The standard InChI is InChI=1S/C15H13N3OS/c1-10(19)11-6-7-16-14(8-11)20-15-12-4-2-3-5-13(12)17-9-18-15/h2-10,19H,1H3/t10-/m1/s1. The summed E-state index contributed by atoms with van der Waals surface area (Å²) in [6.45, 7) is 1.74. The maximum atomic E-state index is 9.62. The van der Waals surface area contributed by atoms with Crippen LogP contribution in [0.15, 0.2) is 59.0 Å². The number of rotatable bonds is 3. The van der Waals surface area contributed by atoms with Gasteiger partial charge in [-0.15, -0.1) is 0 Å². The number of pyridine rings is 1. The molecule has 0 fully saturated rings. The molecule has 3 aromatic rings. The number of hydrogen-bond acceptors (Lipinski definition) is 5. The Balaban J connectivity index is 1.99. The maximum Gasteiger partial charge on any atom is 0.117 e. The second kappa shape index (κ2) is 5.56. The molecule has 1 N–H and O–H groups in total. The first-order valence-electron chi connectivity index (χ1n) is 6.25. The molecular formula is C15H13N3OS. The summed E-state index contributed by atoms with van der Waals surface area (Å²) in [5.74, 6) is 0. The van der Waals surface area contributed by atoms with Crippen LogP contribution in [-0.2, 0) is 0 Å². The molecule has 4 nitrogen and oxygen atoms in total. The Morgan fingerprint density at radius 2 is 1.95 bits per heavy atom. The van der Waals surface area contributed by atoms with Crippen molar-refractivity contribution in [2.24, 2.45) is 0 Å². The van der Waals surface area contributed by atoms with Crippen LogP contribution in [0, 0.1) is 0 Å². The molecule has 5 heteroatoms. The number of benzene rings is 1. The summed E-state index contributed by atoms with van der Waals surface area (Å²) in [7, 11) is 0. The Morgan fingerprint density at radius 3 is 2.80 bits per heavy atom. The number of para-hydroxylation sites is 1. The first kappa shape index (κ1) is 13.0. The zero-order valence-electron chi connectivity index (χ0n) is 10.9.